The number of rotatable bonds is 3. The van der Waals surface area contributed by atoms with E-state index in [-0.39, 0.29) is 18.2 Å². The monoisotopic (exact) mass is 431 g/mol. The zero-order valence-electron chi connectivity index (χ0n) is 13.5. The minimum atomic E-state index is -0.849. The number of nitrogens with zero attached hydrogens (tertiary/aromatic N) is 5. The third kappa shape index (κ3) is 4.14. The number of aliphatic hydroxyl groups is 1. The molecule has 4 aromatic rings. The van der Waals surface area contributed by atoms with Crippen LogP contribution >= 0.6 is 24.5 Å². The van der Waals surface area contributed by atoms with Crippen LogP contribution in [0.25, 0.3) is 11.3 Å². The summed E-state index contributed by atoms with van der Waals surface area (Å²) in [5.74, 6) is 0. The highest BCUT2D eigenvalue weighted by Crippen LogP contribution is 2.23. The van der Waals surface area contributed by atoms with Crippen LogP contribution in [0.4, 0.5) is 0 Å². The summed E-state index contributed by atoms with van der Waals surface area (Å²) in [6.07, 6.45) is 6.12. The Balaban J connectivity index is 0.000000415. The molecule has 126 valence electrons. The SMILES string of the molecule is C[CH2][Mg][Br].OC(c1ccc2nccn2c1)c1cnc2ccc(Cl)nn12. The fraction of sp³-hybridized carbons (Fsp3) is 0.188. The second-order valence-electron chi connectivity index (χ2n) is 5.36. The molecule has 9 heteroatoms. The molecule has 4 heterocycles. The Kier molecular flexibility index (Phi) is 6.29. The first-order valence-corrected chi connectivity index (χ1v) is 13.1. The largest absolute Gasteiger partial charge is 0.468 e. The van der Waals surface area contributed by atoms with Crippen molar-refractivity contribution in [1.82, 2.24) is 24.0 Å². The van der Waals surface area contributed by atoms with E-state index in [9.17, 15) is 5.11 Å². The highest BCUT2D eigenvalue weighted by atomic mass is 79.9. The van der Waals surface area contributed by atoms with E-state index < -0.39 is 6.10 Å². The van der Waals surface area contributed by atoms with Crippen molar-refractivity contribution in [1.29, 1.82) is 0 Å². The van der Waals surface area contributed by atoms with Gasteiger partial charge in [0.25, 0.3) is 0 Å². The third-order valence-corrected chi connectivity index (χ3v) is 6.51. The van der Waals surface area contributed by atoms with Gasteiger partial charge in [-0.2, -0.15) is 5.10 Å². The zero-order valence-corrected chi connectivity index (χ0v) is 17.3. The van der Waals surface area contributed by atoms with E-state index in [1.54, 1.807) is 29.0 Å². The maximum absolute atomic E-state index is 10.6. The maximum Gasteiger partial charge on any atom is 0.468 e. The quantitative estimate of drug-likeness (QED) is 0.503. The summed E-state index contributed by atoms with van der Waals surface area (Å²) in [7, 11) is 0. The van der Waals surface area contributed by atoms with E-state index in [1.165, 1.54) is 4.55 Å². The molecule has 1 N–H and O–H groups in total. The molecule has 1 atom stereocenters. The van der Waals surface area contributed by atoms with Gasteiger partial charge in [-0.25, -0.2) is 14.5 Å². The molecule has 25 heavy (non-hydrogen) atoms. The van der Waals surface area contributed by atoms with Crippen LogP contribution in [0.5, 0.6) is 0 Å². The van der Waals surface area contributed by atoms with Crippen molar-refractivity contribution in [2.24, 2.45) is 0 Å². The first-order valence-electron chi connectivity index (χ1n) is 7.81. The Labute approximate surface area is 165 Å². The molecule has 4 aromatic heterocycles. The summed E-state index contributed by atoms with van der Waals surface area (Å²) in [4.78, 5) is 8.40. The average Bonchev–Trinajstić information content (AvgIpc) is 3.26. The van der Waals surface area contributed by atoms with Crippen LogP contribution in [-0.4, -0.2) is 47.3 Å². The van der Waals surface area contributed by atoms with Gasteiger partial charge in [0.15, 0.2) is 5.65 Å². The van der Waals surface area contributed by atoms with Gasteiger partial charge in [0, 0.05) is 24.2 Å². The molecule has 0 saturated heterocycles. The minimum absolute atomic E-state index is 0.237. The smallest absolute Gasteiger partial charge is 0.382 e. The summed E-state index contributed by atoms with van der Waals surface area (Å²) in [5, 5.41) is 15.1. The van der Waals surface area contributed by atoms with Crippen molar-refractivity contribution in [3.05, 3.63) is 65.5 Å². The maximum atomic E-state index is 10.6. The summed E-state index contributed by atoms with van der Waals surface area (Å²) in [6.45, 7) is 2.20. The van der Waals surface area contributed by atoms with Crippen molar-refractivity contribution in [3.8, 4) is 0 Å². The summed E-state index contributed by atoms with van der Waals surface area (Å²) < 4.78 is 4.77. The Hall–Kier alpha value is -1.19. The molecule has 0 amide bonds. The number of aromatic nitrogens is 5. The normalized spacial score (nSPS) is 11.8. The lowest BCUT2D eigenvalue weighted by atomic mass is 10.1. The molecule has 0 aromatic carbocycles. The zero-order chi connectivity index (χ0) is 17.8. The highest BCUT2D eigenvalue weighted by Gasteiger charge is 2.17. The Morgan fingerprint density at radius 1 is 1.24 bits per heavy atom. The minimum Gasteiger partial charge on any atom is -0.382 e. The second kappa shape index (κ2) is 8.46. The van der Waals surface area contributed by atoms with E-state index in [4.69, 9.17) is 11.6 Å². The van der Waals surface area contributed by atoms with Crippen molar-refractivity contribution < 1.29 is 5.11 Å². The molecule has 6 nitrogen and oxygen atoms in total. The number of hydrogen-bond donors (Lipinski definition) is 1. The number of fused-ring (bicyclic) bond motifs is 2. The van der Waals surface area contributed by atoms with E-state index in [0.717, 1.165) is 11.2 Å². The number of hydrogen-bond acceptors (Lipinski definition) is 4. The fourth-order valence-corrected chi connectivity index (χ4v) is 2.46. The van der Waals surface area contributed by atoms with Gasteiger partial charge in [-0.05, 0) is 18.2 Å². The summed E-state index contributed by atoms with van der Waals surface area (Å²) >= 11 is 9.53. The van der Waals surface area contributed by atoms with Crippen LogP contribution < -0.4 is 0 Å². The van der Waals surface area contributed by atoms with E-state index in [2.05, 4.69) is 34.9 Å². The molecular formula is C16H15BrClMgN5O. The molecule has 0 aliphatic carbocycles. The van der Waals surface area contributed by atoms with Gasteiger partial charge in [0.05, 0.1) is 11.9 Å². The molecule has 0 fully saturated rings. The average molecular weight is 433 g/mol. The molecule has 0 aliphatic rings. The standard InChI is InChI=1S/C14H10ClN5O.C2H5.BrH.Mg/c15-11-2-4-13-17-7-10(20(13)18-11)14(21)9-1-3-12-16-5-6-19(12)8-9;1-2;;/h1-8,14,21H;1H2,2H3;1H;/q;;;+1/p-1. The summed E-state index contributed by atoms with van der Waals surface area (Å²) in [5.41, 5.74) is 2.75. The Morgan fingerprint density at radius 2 is 2.00 bits per heavy atom. The van der Waals surface area contributed by atoms with E-state index in [0.29, 0.717) is 16.5 Å². The van der Waals surface area contributed by atoms with Gasteiger partial charge in [-0.15, -0.1) is 4.55 Å². The highest BCUT2D eigenvalue weighted by molar-refractivity contribution is 9.23. The van der Waals surface area contributed by atoms with Crippen molar-refractivity contribution >= 4 is 54.0 Å². The van der Waals surface area contributed by atoms with Crippen LogP contribution in [0.3, 0.4) is 0 Å². The number of halogens is 2. The number of imidazole rings is 2. The summed E-state index contributed by atoms with van der Waals surface area (Å²) in [6, 6.07) is 7.10. The molecule has 0 spiro atoms. The first-order chi connectivity index (χ1) is 12.1. The molecular weight excluding hydrogens is 418 g/mol. The predicted octanol–water partition coefficient (Wildman–Crippen LogP) is 3.55. The molecule has 4 rings (SSSR count). The van der Waals surface area contributed by atoms with Gasteiger partial charge in [-0.3, -0.25) is 0 Å². The van der Waals surface area contributed by atoms with Gasteiger partial charge < -0.3 is 22.4 Å². The lowest BCUT2D eigenvalue weighted by molar-refractivity contribution is 0.212. The van der Waals surface area contributed by atoms with Crippen LogP contribution in [0.1, 0.15) is 24.3 Å². The lowest BCUT2D eigenvalue weighted by Gasteiger charge is -2.10. The van der Waals surface area contributed by atoms with Gasteiger partial charge in [0.1, 0.15) is 16.9 Å². The fourth-order valence-electron chi connectivity index (χ4n) is 2.32. The molecule has 0 bridgehead atoms. The van der Waals surface area contributed by atoms with Gasteiger partial charge in [0.2, 0.25) is 0 Å². The van der Waals surface area contributed by atoms with E-state index >= 15 is 0 Å². The van der Waals surface area contributed by atoms with Gasteiger partial charge in [-0.1, -0.05) is 24.6 Å². The van der Waals surface area contributed by atoms with Crippen LogP contribution in [0, 0.1) is 0 Å². The molecule has 0 saturated carbocycles. The first kappa shape index (κ1) is 18.6. The topological polar surface area (TPSA) is 67.7 Å². The Morgan fingerprint density at radius 3 is 2.76 bits per heavy atom. The Bertz CT molecular complexity index is 987. The van der Waals surface area contributed by atoms with Gasteiger partial charge >= 0.3 is 18.2 Å². The number of pyridine rings is 1. The van der Waals surface area contributed by atoms with Crippen LogP contribution in [0.2, 0.25) is 9.70 Å². The van der Waals surface area contributed by atoms with Crippen molar-refractivity contribution in [2.45, 2.75) is 17.6 Å². The molecule has 1 unspecified atom stereocenters. The molecule has 0 radical (unpaired) electrons. The van der Waals surface area contributed by atoms with E-state index in [1.807, 2.05) is 28.9 Å². The predicted molar refractivity (Wildman–Crippen MR) is 102 cm³/mol. The number of aliphatic hydroxyl groups excluding tert-OH is 1. The third-order valence-electron chi connectivity index (χ3n) is 3.55. The van der Waals surface area contributed by atoms with Crippen LogP contribution in [0.15, 0.2) is 49.1 Å². The second-order valence-corrected chi connectivity index (χ2v) is 9.50. The van der Waals surface area contributed by atoms with Crippen molar-refractivity contribution in [3.63, 3.8) is 0 Å². The lowest BCUT2D eigenvalue weighted by Crippen LogP contribution is -2.06. The van der Waals surface area contributed by atoms with Crippen molar-refractivity contribution in [2.75, 3.05) is 0 Å². The van der Waals surface area contributed by atoms with Crippen LogP contribution in [-0.2, 0) is 0 Å². The molecule has 0 aliphatic heterocycles.